The Morgan fingerprint density at radius 1 is 1.57 bits per heavy atom. The minimum atomic E-state index is -0.122. The van der Waals surface area contributed by atoms with E-state index in [0.717, 1.165) is 19.4 Å². The molecular formula is C10H22N2O2. The molecule has 0 aromatic heterocycles. The lowest BCUT2D eigenvalue weighted by Crippen LogP contribution is -2.31. The second-order valence-electron chi connectivity index (χ2n) is 3.41. The molecule has 0 radical (unpaired) electrons. The predicted octanol–water partition coefficient (Wildman–Crippen LogP) is 0.514. The molecule has 4 nitrogen and oxygen atoms in total. The van der Waals surface area contributed by atoms with E-state index in [1.165, 1.54) is 0 Å². The van der Waals surface area contributed by atoms with Crippen molar-refractivity contribution in [3.63, 3.8) is 0 Å². The van der Waals surface area contributed by atoms with Gasteiger partial charge in [0.25, 0.3) is 0 Å². The molecule has 0 saturated carbocycles. The molecule has 0 saturated heterocycles. The van der Waals surface area contributed by atoms with Gasteiger partial charge in [0, 0.05) is 19.6 Å². The number of ether oxygens (including phenoxy) is 1. The highest BCUT2D eigenvalue weighted by Gasteiger charge is 2.12. The molecule has 0 fully saturated rings. The molecule has 0 spiro atoms. The highest BCUT2D eigenvalue weighted by molar-refractivity contribution is 5.72. The van der Waals surface area contributed by atoms with E-state index in [9.17, 15) is 4.79 Å². The third-order valence-electron chi connectivity index (χ3n) is 1.92. The molecule has 0 heterocycles. The van der Waals surface area contributed by atoms with Gasteiger partial charge in [0.2, 0.25) is 0 Å². The molecule has 0 aromatic rings. The van der Waals surface area contributed by atoms with Crippen LogP contribution in [0.5, 0.6) is 0 Å². The quantitative estimate of drug-likeness (QED) is 0.445. The third-order valence-corrected chi connectivity index (χ3v) is 1.92. The maximum atomic E-state index is 11.3. The van der Waals surface area contributed by atoms with Gasteiger partial charge in [0.1, 0.15) is 0 Å². The van der Waals surface area contributed by atoms with Crippen LogP contribution in [0.25, 0.3) is 0 Å². The Morgan fingerprint density at radius 2 is 2.29 bits per heavy atom. The molecular weight excluding hydrogens is 180 g/mol. The average molecular weight is 202 g/mol. The Morgan fingerprint density at radius 3 is 2.86 bits per heavy atom. The van der Waals surface area contributed by atoms with Crippen molar-refractivity contribution >= 4 is 5.97 Å². The van der Waals surface area contributed by atoms with E-state index in [-0.39, 0.29) is 11.9 Å². The highest BCUT2D eigenvalue weighted by atomic mass is 16.5. The predicted molar refractivity (Wildman–Crippen MR) is 57.0 cm³/mol. The smallest absolute Gasteiger partial charge is 0.309 e. The van der Waals surface area contributed by atoms with Crippen LogP contribution in [-0.4, -0.2) is 32.2 Å². The van der Waals surface area contributed by atoms with Crippen molar-refractivity contribution in [1.82, 2.24) is 5.32 Å². The monoisotopic (exact) mass is 202 g/mol. The summed E-state index contributed by atoms with van der Waals surface area (Å²) in [5.74, 6) is -0.207. The molecule has 14 heavy (non-hydrogen) atoms. The van der Waals surface area contributed by atoms with Crippen molar-refractivity contribution < 1.29 is 9.53 Å². The molecule has 1 atom stereocenters. The maximum absolute atomic E-state index is 11.3. The van der Waals surface area contributed by atoms with Gasteiger partial charge in [-0.3, -0.25) is 4.79 Å². The van der Waals surface area contributed by atoms with Crippen LogP contribution in [0.3, 0.4) is 0 Å². The van der Waals surface area contributed by atoms with E-state index in [1.807, 2.05) is 6.92 Å². The summed E-state index contributed by atoms with van der Waals surface area (Å²) in [4.78, 5) is 11.3. The Bertz CT molecular complexity index is 151. The summed E-state index contributed by atoms with van der Waals surface area (Å²) in [5.41, 5.74) is 5.31. The van der Waals surface area contributed by atoms with Crippen molar-refractivity contribution in [2.24, 2.45) is 11.7 Å². The van der Waals surface area contributed by atoms with Crippen molar-refractivity contribution in [3.05, 3.63) is 0 Å². The number of carbonyl (C=O) groups is 1. The zero-order chi connectivity index (χ0) is 10.8. The van der Waals surface area contributed by atoms with Crippen LogP contribution in [0, 0.1) is 5.92 Å². The molecule has 0 rings (SSSR count). The number of nitrogens with two attached hydrogens (primary N) is 1. The fourth-order valence-corrected chi connectivity index (χ4v) is 0.963. The standard InChI is InChI=1S/C10H22N2O2/c1-3-4-7-14-10(13)9(2)8-12-6-5-11/h9,12H,3-8,11H2,1-2H3. The van der Waals surface area contributed by atoms with Gasteiger partial charge in [-0.1, -0.05) is 20.3 Å². The first kappa shape index (κ1) is 13.4. The molecule has 0 amide bonds. The van der Waals surface area contributed by atoms with E-state index in [0.29, 0.717) is 19.7 Å². The van der Waals surface area contributed by atoms with Crippen molar-refractivity contribution in [2.45, 2.75) is 26.7 Å². The first-order valence-electron chi connectivity index (χ1n) is 5.29. The molecule has 0 aliphatic carbocycles. The number of hydrogen-bond acceptors (Lipinski definition) is 4. The normalized spacial score (nSPS) is 12.5. The zero-order valence-corrected chi connectivity index (χ0v) is 9.21. The first-order valence-corrected chi connectivity index (χ1v) is 5.29. The summed E-state index contributed by atoms with van der Waals surface area (Å²) in [7, 11) is 0. The van der Waals surface area contributed by atoms with Gasteiger partial charge in [0.05, 0.1) is 12.5 Å². The fourth-order valence-electron chi connectivity index (χ4n) is 0.963. The molecule has 0 aliphatic rings. The lowest BCUT2D eigenvalue weighted by atomic mass is 10.2. The number of unbranched alkanes of at least 4 members (excludes halogenated alkanes) is 1. The minimum Gasteiger partial charge on any atom is -0.465 e. The average Bonchev–Trinajstić information content (AvgIpc) is 2.18. The summed E-state index contributed by atoms with van der Waals surface area (Å²) >= 11 is 0. The molecule has 0 bridgehead atoms. The van der Waals surface area contributed by atoms with Gasteiger partial charge < -0.3 is 15.8 Å². The summed E-state index contributed by atoms with van der Waals surface area (Å²) in [6.45, 7) is 6.45. The Labute approximate surface area is 86.2 Å². The van der Waals surface area contributed by atoms with E-state index < -0.39 is 0 Å². The van der Waals surface area contributed by atoms with Gasteiger partial charge in [-0.15, -0.1) is 0 Å². The van der Waals surface area contributed by atoms with Crippen molar-refractivity contribution in [3.8, 4) is 0 Å². The summed E-state index contributed by atoms with van der Waals surface area (Å²) in [6.07, 6.45) is 1.99. The number of rotatable bonds is 8. The third kappa shape index (κ3) is 6.86. The highest BCUT2D eigenvalue weighted by Crippen LogP contribution is 1.98. The van der Waals surface area contributed by atoms with Gasteiger partial charge in [-0.2, -0.15) is 0 Å². The fraction of sp³-hybridized carbons (Fsp3) is 0.900. The molecule has 4 heteroatoms. The first-order chi connectivity index (χ1) is 6.72. The van der Waals surface area contributed by atoms with Crippen LogP contribution in [0.4, 0.5) is 0 Å². The largest absolute Gasteiger partial charge is 0.465 e. The SMILES string of the molecule is CCCCOC(=O)C(C)CNCCN. The van der Waals surface area contributed by atoms with Crippen LogP contribution in [0.2, 0.25) is 0 Å². The molecule has 1 unspecified atom stereocenters. The van der Waals surface area contributed by atoms with Crippen LogP contribution in [0.1, 0.15) is 26.7 Å². The van der Waals surface area contributed by atoms with Gasteiger partial charge in [-0.25, -0.2) is 0 Å². The summed E-state index contributed by atoms with van der Waals surface area (Å²) in [6, 6.07) is 0. The second-order valence-corrected chi connectivity index (χ2v) is 3.41. The molecule has 0 aromatic carbocycles. The number of carbonyl (C=O) groups excluding carboxylic acids is 1. The molecule has 0 aliphatic heterocycles. The van der Waals surface area contributed by atoms with E-state index >= 15 is 0 Å². The van der Waals surface area contributed by atoms with Crippen LogP contribution in [-0.2, 0) is 9.53 Å². The van der Waals surface area contributed by atoms with Gasteiger partial charge >= 0.3 is 5.97 Å². The maximum Gasteiger partial charge on any atom is 0.309 e. The topological polar surface area (TPSA) is 64.3 Å². The van der Waals surface area contributed by atoms with Crippen LogP contribution < -0.4 is 11.1 Å². The Kier molecular flexibility index (Phi) is 8.57. The number of hydrogen-bond donors (Lipinski definition) is 2. The van der Waals surface area contributed by atoms with Gasteiger partial charge in [-0.05, 0) is 6.42 Å². The summed E-state index contributed by atoms with van der Waals surface area (Å²) < 4.78 is 5.06. The Hall–Kier alpha value is -0.610. The van der Waals surface area contributed by atoms with Crippen LogP contribution in [0.15, 0.2) is 0 Å². The second kappa shape index (κ2) is 8.97. The van der Waals surface area contributed by atoms with Crippen molar-refractivity contribution in [2.75, 3.05) is 26.2 Å². The van der Waals surface area contributed by atoms with Gasteiger partial charge in [0.15, 0.2) is 0 Å². The molecule has 84 valence electrons. The van der Waals surface area contributed by atoms with E-state index in [1.54, 1.807) is 0 Å². The van der Waals surface area contributed by atoms with Crippen LogP contribution >= 0.6 is 0 Å². The van der Waals surface area contributed by atoms with E-state index in [4.69, 9.17) is 10.5 Å². The lowest BCUT2D eigenvalue weighted by molar-refractivity contribution is -0.147. The molecule has 3 N–H and O–H groups in total. The minimum absolute atomic E-state index is 0.0848. The summed E-state index contributed by atoms with van der Waals surface area (Å²) in [5, 5.41) is 3.08. The number of nitrogens with one attached hydrogen (secondary N) is 1. The van der Waals surface area contributed by atoms with Crippen molar-refractivity contribution in [1.29, 1.82) is 0 Å². The zero-order valence-electron chi connectivity index (χ0n) is 9.21. The number of esters is 1. The Balaban J connectivity index is 3.44. The van der Waals surface area contributed by atoms with E-state index in [2.05, 4.69) is 12.2 Å². The lowest BCUT2D eigenvalue weighted by Gasteiger charge is -2.11.